The first-order valence-corrected chi connectivity index (χ1v) is 5.35. The molecule has 0 atom stereocenters. The third kappa shape index (κ3) is 2.09. The first-order chi connectivity index (χ1) is 7.83. The van der Waals surface area contributed by atoms with Crippen molar-refractivity contribution in [2.45, 2.75) is 19.4 Å². The molecule has 2 rings (SSSR count). The lowest BCUT2D eigenvalue weighted by Crippen LogP contribution is -2.24. The molecular weight excluding hydrogens is 204 g/mol. The minimum atomic E-state index is -0.0809. The largest absolute Gasteiger partial charge is 0.330 e. The predicted molar refractivity (Wildman–Crippen MR) is 62.1 cm³/mol. The van der Waals surface area contributed by atoms with Gasteiger partial charge >= 0.3 is 0 Å². The second-order valence-electron chi connectivity index (χ2n) is 3.63. The maximum atomic E-state index is 12.0. The molecule has 0 aliphatic carbocycles. The van der Waals surface area contributed by atoms with Crippen molar-refractivity contribution in [3.8, 4) is 0 Å². The minimum Gasteiger partial charge on any atom is -0.330 e. The van der Waals surface area contributed by atoms with E-state index in [1.807, 2.05) is 12.1 Å². The zero-order valence-corrected chi connectivity index (χ0v) is 8.97. The molecule has 1 aromatic heterocycles. The van der Waals surface area contributed by atoms with E-state index in [4.69, 9.17) is 5.73 Å². The number of aromatic nitrogens is 3. The standard InChI is InChI=1S/C11H14N4O/c12-7-3-4-8-15-11(16)9-5-1-2-6-10(9)13-14-15/h1-2,5-6H,3-4,7-8,12H2. The fourth-order valence-electron chi connectivity index (χ4n) is 1.58. The SMILES string of the molecule is NCCCCn1nnc2ccccc2c1=O. The van der Waals surface area contributed by atoms with Gasteiger partial charge in [-0.2, -0.15) is 0 Å². The molecular formula is C11H14N4O. The highest BCUT2D eigenvalue weighted by atomic mass is 16.1. The molecule has 0 saturated heterocycles. The molecule has 1 heterocycles. The Bertz CT molecular complexity index is 535. The second-order valence-corrected chi connectivity index (χ2v) is 3.63. The summed E-state index contributed by atoms with van der Waals surface area (Å²) >= 11 is 0. The summed E-state index contributed by atoms with van der Waals surface area (Å²) in [6.07, 6.45) is 1.74. The van der Waals surface area contributed by atoms with Crippen molar-refractivity contribution < 1.29 is 0 Å². The fourth-order valence-corrected chi connectivity index (χ4v) is 1.58. The number of nitrogens with zero attached hydrogens (tertiary/aromatic N) is 3. The molecule has 0 amide bonds. The number of nitrogens with two attached hydrogens (primary N) is 1. The third-order valence-corrected chi connectivity index (χ3v) is 2.45. The Morgan fingerprint density at radius 3 is 2.88 bits per heavy atom. The molecule has 2 aromatic rings. The van der Waals surface area contributed by atoms with Crippen LogP contribution in [0.2, 0.25) is 0 Å². The van der Waals surface area contributed by atoms with Crippen molar-refractivity contribution in [2.24, 2.45) is 5.73 Å². The molecule has 1 aromatic carbocycles. The normalized spacial score (nSPS) is 10.8. The summed E-state index contributed by atoms with van der Waals surface area (Å²) < 4.78 is 1.40. The van der Waals surface area contributed by atoms with Gasteiger partial charge in [-0.05, 0) is 31.5 Å². The zero-order valence-electron chi connectivity index (χ0n) is 8.97. The van der Waals surface area contributed by atoms with Crippen LogP contribution in [0.3, 0.4) is 0 Å². The summed E-state index contributed by atoms with van der Waals surface area (Å²) in [5.41, 5.74) is 5.96. The van der Waals surface area contributed by atoms with E-state index in [1.165, 1.54) is 4.68 Å². The Labute approximate surface area is 92.9 Å². The lowest BCUT2D eigenvalue weighted by molar-refractivity contribution is 0.514. The van der Waals surface area contributed by atoms with Gasteiger partial charge in [-0.25, -0.2) is 4.68 Å². The summed E-state index contributed by atoms with van der Waals surface area (Å²) in [6, 6.07) is 7.23. The van der Waals surface area contributed by atoms with Crippen LogP contribution in [-0.4, -0.2) is 21.5 Å². The Kier molecular flexibility index (Phi) is 3.26. The van der Waals surface area contributed by atoms with Crippen molar-refractivity contribution >= 4 is 10.9 Å². The Hall–Kier alpha value is -1.75. The molecule has 0 bridgehead atoms. The molecule has 0 aliphatic heterocycles. The minimum absolute atomic E-state index is 0.0809. The quantitative estimate of drug-likeness (QED) is 0.760. The van der Waals surface area contributed by atoms with Crippen LogP contribution in [-0.2, 0) is 6.54 Å². The number of rotatable bonds is 4. The molecule has 0 spiro atoms. The van der Waals surface area contributed by atoms with Crippen LogP contribution in [0, 0.1) is 0 Å². The molecule has 84 valence electrons. The number of hydrogen-bond acceptors (Lipinski definition) is 4. The highest BCUT2D eigenvalue weighted by Crippen LogP contribution is 2.03. The average Bonchev–Trinajstić information content (AvgIpc) is 2.33. The van der Waals surface area contributed by atoms with Gasteiger partial charge in [-0.1, -0.05) is 17.3 Å². The molecule has 16 heavy (non-hydrogen) atoms. The van der Waals surface area contributed by atoms with Crippen molar-refractivity contribution in [2.75, 3.05) is 6.54 Å². The van der Waals surface area contributed by atoms with Gasteiger partial charge in [0.1, 0.15) is 5.52 Å². The average molecular weight is 218 g/mol. The van der Waals surface area contributed by atoms with Gasteiger partial charge < -0.3 is 5.73 Å². The summed E-state index contributed by atoms with van der Waals surface area (Å²) in [5.74, 6) is 0. The molecule has 0 fully saturated rings. The van der Waals surface area contributed by atoms with Crippen LogP contribution >= 0.6 is 0 Å². The monoisotopic (exact) mass is 218 g/mol. The smallest absolute Gasteiger partial charge is 0.277 e. The van der Waals surface area contributed by atoms with E-state index in [1.54, 1.807) is 12.1 Å². The van der Waals surface area contributed by atoms with Crippen LogP contribution in [0.5, 0.6) is 0 Å². The predicted octanol–water partition coefficient (Wildman–Crippen LogP) is 0.530. The molecule has 0 aliphatic rings. The van der Waals surface area contributed by atoms with Crippen LogP contribution in [0.4, 0.5) is 0 Å². The topological polar surface area (TPSA) is 73.8 Å². The van der Waals surface area contributed by atoms with Crippen LogP contribution in [0.25, 0.3) is 10.9 Å². The van der Waals surface area contributed by atoms with Gasteiger partial charge in [-0.3, -0.25) is 4.79 Å². The van der Waals surface area contributed by atoms with E-state index in [0.29, 0.717) is 24.0 Å². The van der Waals surface area contributed by atoms with Crippen LogP contribution in [0.1, 0.15) is 12.8 Å². The van der Waals surface area contributed by atoms with E-state index in [9.17, 15) is 4.79 Å². The lowest BCUT2D eigenvalue weighted by atomic mass is 10.2. The van der Waals surface area contributed by atoms with Crippen LogP contribution < -0.4 is 11.3 Å². The van der Waals surface area contributed by atoms with E-state index in [-0.39, 0.29) is 5.56 Å². The molecule has 0 saturated carbocycles. The zero-order chi connectivity index (χ0) is 11.4. The maximum absolute atomic E-state index is 12.0. The number of benzene rings is 1. The lowest BCUT2D eigenvalue weighted by Gasteiger charge is -2.03. The maximum Gasteiger partial charge on any atom is 0.277 e. The van der Waals surface area contributed by atoms with Gasteiger partial charge in [0.05, 0.1) is 5.39 Å². The van der Waals surface area contributed by atoms with Gasteiger partial charge in [0, 0.05) is 6.54 Å². The van der Waals surface area contributed by atoms with Gasteiger partial charge in [0.15, 0.2) is 0 Å². The number of fused-ring (bicyclic) bond motifs is 1. The first kappa shape index (κ1) is 10.8. The second kappa shape index (κ2) is 4.85. The first-order valence-electron chi connectivity index (χ1n) is 5.35. The summed E-state index contributed by atoms with van der Waals surface area (Å²) in [4.78, 5) is 12.0. The molecule has 0 radical (unpaired) electrons. The molecule has 5 nitrogen and oxygen atoms in total. The third-order valence-electron chi connectivity index (χ3n) is 2.45. The van der Waals surface area contributed by atoms with Crippen molar-refractivity contribution in [3.63, 3.8) is 0 Å². The van der Waals surface area contributed by atoms with Gasteiger partial charge in [0.2, 0.25) is 0 Å². The van der Waals surface area contributed by atoms with E-state index < -0.39 is 0 Å². The fraction of sp³-hybridized carbons (Fsp3) is 0.364. The summed E-state index contributed by atoms with van der Waals surface area (Å²) in [5, 5.41) is 8.51. The number of aryl methyl sites for hydroxylation is 1. The number of hydrogen-bond donors (Lipinski definition) is 1. The highest BCUT2D eigenvalue weighted by Gasteiger charge is 2.03. The van der Waals surface area contributed by atoms with E-state index in [2.05, 4.69) is 10.3 Å². The summed E-state index contributed by atoms with van der Waals surface area (Å²) in [6.45, 7) is 1.21. The highest BCUT2D eigenvalue weighted by molar-refractivity contribution is 5.76. The van der Waals surface area contributed by atoms with Crippen molar-refractivity contribution in [3.05, 3.63) is 34.6 Å². The Balaban J connectivity index is 2.33. The Morgan fingerprint density at radius 2 is 2.06 bits per heavy atom. The van der Waals surface area contributed by atoms with E-state index in [0.717, 1.165) is 12.8 Å². The van der Waals surface area contributed by atoms with Crippen LogP contribution in [0.15, 0.2) is 29.1 Å². The van der Waals surface area contributed by atoms with Gasteiger partial charge in [0.25, 0.3) is 5.56 Å². The molecule has 2 N–H and O–H groups in total. The Morgan fingerprint density at radius 1 is 1.25 bits per heavy atom. The van der Waals surface area contributed by atoms with Crippen molar-refractivity contribution in [1.82, 2.24) is 15.0 Å². The molecule has 5 heteroatoms. The summed E-state index contributed by atoms with van der Waals surface area (Å²) in [7, 11) is 0. The van der Waals surface area contributed by atoms with E-state index >= 15 is 0 Å². The van der Waals surface area contributed by atoms with Crippen molar-refractivity contribution in [1.29, 1.82) is 0 Å². The number of unbranched alkanes of at least 4 members (excludes halogenated alkanes) is 1. The molecule has 0 unspecified atom stereocenters. The van der Waals surface area contributed by atoms with Gasteiger partial charge in [-0.15, -0.1) is 5.10 Å².